The van der Waals surface area contributed by atoms with Crippen LogP contribution in [0, 0.1) is 5.92 Å². The van der Waals surface area contributed by atoms with Crippen LogP contribution in [0.3, 0.4) is 0 Å². The van der Waals surface area contributed by atoms with E-state index in [1.54, 1.807) is 0 Å². The standard InChI is InChI=1S/C14H28N2O/c1-3-7-12(11-15)14(17)16-10-6-5-9-13(16)8-4-2/h12-13H,3-11,15H2,1-2H3. The van der Waals surface area contributed by atoms with Crippen molar-refractivity contribution in [1.82, 2.24) is 4.90 Å². The van der Waals surface area contributed by atoms with Crippen molar-refractivity contribution in [3.8, 4) is 0 Å². The molecule has 1 heterocycles. The van der Waals surface area contributed by atoms with Crippen LogP contribution in [0.2, 0.25) is 0 Å². The lowest BCUT2D eigenvalue weighted by Gasteiger charge is -2.37. The van der Waals surface area contributed by atoms with Crippen molar-refractivity contribution in [2.45, 2.75) is 64.8 Å². The van der Waals surface area contributed by atoms with E-state index in [2.05, 4.69) is 18.7 Å². The van der Waals surface area contributed by atoms with Gasteiger partial charge in [0.1, 0.15) is 0 Å². The number of hydrogen-bond acceptors (Lipinski definition) is 2. The Hall–Kier alpha value is -0.570. The summed E-state index contributed by atoms with van der Waals surface area (Å²) in [6, 6.07) is 0.479. The van der Waals surface area contributed by atoms with Gasteiger partial charge in [-0.2, -0.15) is 0 Å². The molecule has 2 atom stereocenters. The Bertz CT molecular complexity index is 228. The Kier molecular flexibility index (Phi) is 6.56. The third kappa shape index (κ3) is 3.98. The van der Waals surface area contributed by atoms with Gasteiger partial charge in [-0.1, -0.05) is 26.7 Å². The van der Waals surface area contributed by atoms with Crippen LogP contribution in [0.15, 0.2) is 0 Å². The fraction of sp³-hybridized carbons (Fsp3) is 0.929. The maximum Gasteiger partial charge on any atom is 0.227 e. The summed E-state index contributed by atoms with van der Waals surface area (Å²) in [5.41, 5.74) is 5.74. The molecule has 2 unspecified atom stereocenters. The average Bonchev–Trinajstić information content (AvgIpc) is 2.36. The first kappa shape index (κ1) is 14.5. The minimum atomic E-state index is 0.0532. The third-order valence-corrected chi connectivity index (χ3v) is 3.80. The molecule has 100 valence electrons. The van der Waals surface area contributed by atoms with Gasteiger partial charge in [0.05, 0.1) is 5.92 Å². The molecule has 1 amide bonds. The molecule has 17 heavy (non-hydrogen) atoms. The lowest BCUT2D eigenvalue weighted by molar-refractivity contribution is -0.139. The molecule has 0 aromatic carbocycles. The fourth-order valence-electron chi connectivity index (χ4n) is 2.85. The van der Waals surface area contributed by atoms with E-state index in [-0.39, 0.29) is 5.92 Å². The van der Waals surface area contributed by atoms with Crippen molar-refractivity contribution in [1.29, 1.82) is 0 Å². The van der Waals surface area contributed by atoms with Gasteiger partial charge in [-0.3, -0.25) is 4.79 Å². The smallest absolute Gasteiger partial charge is 0.227 e. The summed E-state index contributed by atoms with van der Waals surface area (Å²) in [4.78, 5) is 14.6. The van der Waals surface area contributed by atoms with Crippen LogP contribution in [0.5, 0.6) is 0 Å². The van der Waals surface area contributed by atoms with Crippen LogP contribution in [0.25, 0.3) is 0 Å². The lowest BCUT2D eigenvalue weighted by atomic mass is 9.94. The van der Waals surface area contributed by atoms with E-state index in [0.29, 0.717) is 18.5 Å². The van der Waals surface area contributed by atoms with E-state index in [0.717, 1.165) is 38.6 Å². The number of carbonyl (C=O) groups is 1. The van der Waals surface area contributed by atoms with Gasteiger partial charge in [0, 0.05) is 19.1 Å². The van der Waals surface area contributed by atoms with Gasteiger partial charge in [0.15, 0.2) is 0 Å². The fourth-order valence-corrected chi connectivity index (χ4v) is 2.85. The van der Waals surface area contributed by atoms with Gasteiger partial charge >= 0.3 is 0 Å². The number of rotatable bonds is 6. The van der Waals surface area contributed by atoms with Gasteiger partial charge in [0.25, 0.3) is 0 Å². The maximum atomic E-state index is 12.5. The Labute approximate surface area is 106 Å². The van der Waals surface area contributed by atoms with Gasteiger partial charge in [0.2, 0.25) is 5.91 Å². The van der Waals surface area contributed by atoms with Crippen LogP contribution in [0.4, 0.5) is 0 Å². The zero-order chi connectivity index (χ0) is 12.7. The highest BCUT2D eigenvalue weighted by molar-refractivity contribution is 5.79. The molecule has 3 heteroatoms. The second-order valence-electron chi connectivity index (χ2n) is 5.19. The second kappa shape index (κ2) is 7.70. The Morgan fingerprint density at radius 2 is 2.12 bits per heavy atom. The number of hydrogen-bond donors (Lipinski definition) is 1. The van der Waals surface area contributed by atoms with Crippen molar-refractivity contribution in [2.24, 2.45) is 11.7 Å². The molecule has 0 aromatic heterocycles. The van der Waals surface area contributed by atoms with E-state index in [1.165, 1.54) is 12.8 Å². The molecule has 2 N–H and O–H groups in total. The molecule has 0 spiro atoms. The van der Waals surface area contributed by atoms with E-state index < -0.39 is 0 Å². The molecular formula is C14H28N2O. The summed E-state index contributed by atoms with van der Waals surface area (Å²) in [6.45, 7) is 5.77. The molecule has 1 rings (SSSR count). The number of piperidine rings is 1. The van der Waals surface area contributed by atoms with Crippen molar-refractivity contribution in [2.75, 3.05) is 13.1 Å². The van der Waals surface area contributed by atoms with Crippen LogP contribution in [-0.2, 0) is 4.79 Å². The average molecular weight is 240 g/mol. The molecule has 1 aliphatic rings. The topological polar surface area (TPSA) is 46.3 Å². The highest BCUT2D eigenvalue weighted by Gasteiger charge is 2.29. The Balaban J connectivity index is 2.62. The lowest BCUT2D eigenvalue weighted by Crippen LogP contribution is -2.47. The van der Waals surface area contributed by atoms with Gasteiger partial charge in [-0.15, -0.1) is 0 Å². The van der Waals surface area contributed by atoms with E-state index >= 15 is 0 Å². The summed E-state index contributed by atoms with van der Waals surface area (Å²) < 4.78 is 0. The van der Waals surface area contributed by atoms with Crippen molar-refractivity contribution < 1.29 is 4.79 Å². The molecule has 0 aliphatic carbocycles. The number of nitrogens with two attached hydrogens (primary N) is 1. The first-order valence-electron chi connectivity index (χ1n) is 7.25. The first-order valence-corrected chi connectivity index (χ1v) is 7.25. The summed E-state index contributed by atoms with van der Waals surface area (Å²) >= 11 is 0. The number of carbonyl (C=O) groups excluding carboxylic acids is 1. The van der Waals surface area contributed by atoms with Gasteiger partial charge in [-0.05, 0) is 32.1 Å². The third-order valence-electron chi connectivity index (χ3n) is 3.80. The normalized spacial score (nSPS) is 22.5. The second-order valence-corrected chi connectivity index (χ2v) is 5.19. The highest BCUT2D eigenvalue weighted by atomic mass is 16.2. The number of likely N-dealkylation sites (tertiary alicyclic amines) is 1. The van der Waals surface area contributed by atoms with E-state index in [9.17, 15) is 4.79 Å². The van der Waals surface area contributed by atoms with Crippen LogP contribution >= 0.6 is 0 Å². The molecule has 1 fully saturated rings. The largest absolute Gasteiger partial charge is 0.339 e. The molecule has 0 saturated carbocycles. The van der Waals surface area contributed by atoms with Gasteiger partial charge in [-0.25, -0.2) is 0 Å². The number of nitrogens with zero attached hydrogens (tertiary/aromatic N) is 1. The van der Waals surface area contributed by atoms with Crippen LogP contribution in [0.1, 0.15) is 58.8 Å². The zero-order valence-electron chi connectivity index (χ0n) is 11.5. The number of amides is 1. The molecular weight excluding hydrogens is 212 g/mol. The quantitative estimate of drug-likeness (QED) is 0.775. The van der Waals surface area contributed by atoms with E-state index in [4.69, 9.17) is 5.73 Å². The summed E-state index contributed by atoms with van der Waals surface area (Å²) in [5, 5.41) is 0. The van der Waals surface area contributed by atoms with Gasteiger partial charge < -0.3 is 10.6 Å². The summed E-state index contributed by atoms with van der Waals surface area (Å²) in [5.74, 6) is 0.366. The minimum Gasteiger partial charge on any atom is -0.339 e. The molecule has 1 aliphatic heterocycles. The monoisotopic (exact) mass is 240 g/mol. The van der Waals surface area contributed by atoms with Crippen molar-refractivity contribution in [3.63, 3.8) is 0 Å². The summed E-state index contributed by atoms with van der Waals surface area (Å²) in [6.07, 6.45) is 7.91. The predicted molar refractivity (Wildman–Crippen MR) is 71.7 cm³/mol. The molecule has 0 aromatic rings. The predicted octanol–water partition coefficient (Wildman–Crippen LogP) is 2.54. The Morgan fingerprint density at radius 3 is 2.71 bits per heavy atom. The molecule has 1 saturated heterocycles. The van der Waals surface area contributed by atoms with E-state index in [1.807, 2.05) is 0 Å². The molecule has 0 bridgehead atoms. The SMILES string of the molecule is CCCC(CN)C(=O)N1CCCCC1CCC. The molecule has 3 nitrogen and oxygen atoms in total. The Morgan fingerprint density at radius 1 is 1.35 bits per heavy atom. The van der Waals surface area contributed by atoms with Crippen LogP contribution < -0.4 is 5.73 Å². The van der Waals surface area contributed by atoms with Crippen molar-refractivity contribution in [3.05, 3.63) is 0 Å². The highest BCUT2D eigenvalue weighted by Crippen LogP contribution is 2.23. The van der Waals surface area contributed by atoms with Crippen LogP contribution in [-0.4, -0.2) is 29.9 Å². The minimum absolute atomic E-state index is 0.0532. The zero-order valence-corrected chi connectivity index (χ0v) is 11.5. The maximum absolute atomic E-state index is 12.5. The van der Waals surface area contributed by atoms with Crippen molar-refractivity contribution >= 4 is 5.91 Å². The first-order chi connectivity index (χ1) is 8.24. The molecule has 0 radical (unpaired) electrons. The summed E-state index contributed by atoms with van der Waals surface area (Å²) in [7, 11) is 0.